The Balaban J connectivity index is 1.04. The predicted octanol–water partition coefficient (Wildman–Crippen LogP) is 20.8. The summed E-state index contributed by atoms with van der Waals surface area (Å²) in [5.41, 5.74) is 20.2. The molecule has 386 valence electrons. The minimum absolute atomic E-state index is 0.387. The van der Waals surface area contributed by atoms with E-state index in [2.05, 4.69) is 257 Å². The van der Waals surface area contributed by atoms with Crippen LogP contribution in [0.3, 0.4) is 0 Å². The van der Waals surface area contributed by atoms with Crippen molar-refractivity contribution in [2.75, 3.05) is 0 Å². The third-order valence-electron chi connectivity index (χ3n) is 16.4. The minimum atomic E-state index is 0.387. The van der Waals surface area contributed by atoms with E-state index in [1.165, 1.54) is 0 Å². The van der Waals surface area contributed by atoms with E-state index in [-0.39, 0.29) is 0 Å². The fraction of sp³-hybridized carbons (Fsp3) is 0. The molecule has 12 aromatic carbocycles. The van der Waals surface area contributed by atoms with Gasteiger partial charge in [0.15, 0.2) is 5.82 Å². The molecule has 6 heteroatoms. The molecule has 6 nitrogen and oxygen atoms in total. The molecule has 0 fully saturated rings. The van der Waals surface area contributed by atoms with Crippen LogP contribution in [0.25, 0.3) is 160 Å². The van der Waals surface area contributed by atoms with Crippen molar-refractivity contribution in [1.29, 1.82) is 0 Å². The van der Waals surface area contributed by atoms with Gasteiger partial charge in [0.25, 0.3) is 5.69 Å². The Bertz CT molecular complexity index is 4980. The molecule has 16 aromatic rings. The summed E-state index contributed by atoms with van der Waals surface area (Å²) in [4.78, 5) is 15.2. The van der Waals surface area contributed by atoms with Gasteiger partial charge in [0.05, 0.1) is 57.0 Å². The molecule has 0 unspecified atom stereocenters. The van der Waals surface area contributed by atoms with Gasteiger partial charge in [-0.3, -0.25) is 0 Å². The van der Waals surface area contributed by atoms with Crippen molar-refractivity contribution >= 4 is 71.2 Å². The van der Waals surface area contributed by atoms with Gasteiger partial charge in [-0.05, 0) is 111 Å². The maximum atomic E-state index is 9.53. The number of para-hydroxylation sites is 1. The molecule has 0 radical (unpaired) electrons. The van der Waals surface area contributed by atoms with Gasteiger partial charge in [-0.25, -0.2) is 14.8 Å². The molecule has 0 amide bonds. The number of hydrogen-bond donors (Lipinski definition) is 0. The van der Waals surface area contributed by atoms with Crippen molar-refractivity contribution in [1.82, 2.24) is 19.1 Å². The Kier molecular flexibility index (Phi) is 11.2. The topological polar surface area (TPSA) is 53.1 Å². The molecule has 16 rings (SSSR count). The van der Waals surface area contributed by atoms with Crippen LogP contribution in [0.15, 0.2) is 290 Å². The third kappa shape index (κ3) is 7.94. The lowest BCUT2D eigenvalue weighted by atomic mass is 10.0. The number of aromatic nitrogens is 4. The molecule has 83 heavy (non-hydrogen) atoms. The fourth-order valence-corrected chi connectivity index (χ4v) is 12.4. The van der Waals surface area contributed by atoms with E-state index in [1.807, 2.05) is 42.5 Å². The van der Waals surface area contributed by atoms with Crippen LogP contribution in [0.2, 0.25) is 0 Å². The highest BCUT2D eigenvalue weighted by Gasteiger charge is 2.29. The Hall–Kier alpha value is -11.4. The van der Waals surface area contributed by atoms with E-state index in [4.69, 9.17) is 14.4 Å². The number of rotatable bonds is 9. The molecular formula is C77H47N5O. The molecule has 0 spiro atoms. The largest absolute Gasteiger partial charge is 0.466 e. The maximum absolute atomic E-state index is 9.53. The maximum Gasteiger partial charge on any atom is 0.254 e. The highest BCUT2D eigenvalue weighted by Crippen LogP contribution is 2.50. The lowest BCUT2D eigenvalue weighted by Gasteiger charge is -2.19. The highest BCUT2D eigenvalue weighted by molar-refractivity contribution is 6.19. The Morgan fingerprint density at radius 1 is 0.301 bits per heavy atom. The summed E-state index contributed by atoms with van der Waals surface area (Å²) >= 11 is 0. The first-order valence-corrected chi connectivity index (χ1v) is 27.9. The van der Waals surface area contributed by atoms with E-state index in [9.17, 15) is 6.57 Å². The van der Waals surface area contributed by atoms with Gasteiger partial charge in [0.1, 0.15) is 11.2 Å². The SMILES string of the molecule is [C-]#[N+]c1c(-n2c3ccc(-c4ccccc4)cc3c3cc(-c4ccccc4)ccc32)c(-n2c3ccc(-c4ccccc4)cc3c3cc(-c4ccccc4)ccc32)cc2c1oc1c(-c3nc(-c4ccccc4)cc(-c4ccccc4)n3)cccc12. The fourth-order valence-electron chi connectivity index (χ4n) is 12.4. The normalized spacial score (nSPS) is 11.6. The molecule has 0 aliphatic rings. The predicted molar refractivity (Wildman–Crippen MR) is 342 cm³/mol. The van der Waals surface area contributed by atoms with Crippen LogP contribution < -0.4 is 0 Å². The molecule has 0 aliphatic carbocycles. The van der Waals surface area contributed by atoms with E-state index in [0.29, 0.717) is 28.4 Å². The zero-order valence-electron chi connectivity index (χ0n) is 44.8. The smallest absolute Gasteiger partial charge is 0.254 e. The quantitative estimate of drug-likeness (QED) is 0.135. The van der Waals surface area contributed by atoms with Gasteiger partial charge in [0, 0.05) is 43.4 Å². The van der Waals surface area contributed by atoms with E-state index >= 15 is 0 Å². The highest BCUT2D eigenvalue weighted by atomic mass is 16.3. The summed E-state index contributed by atoms with van der Waals surface area (Å²) in [7, 11) is 0. The van der Waals surface area contributed by atoms with Gasteiger partial charge in [0.2, 0.25) is 0 Å². The standard InChI is InChI=1S/C77H47N5O/c1-78-73-74(82-70-41-37-57(51-25-12-4-13-26-51)45-63(70)64-46-58(38-42-71(64)82)52-27-14-5-15-28-52)72(81-68-39-35-55(49-21-8-2-9-22-49)43-61(68)62-44-56(36-40-69(62)81)50-23-10-3-11-24-50)47-65-59-33-20-34-60(75(59)83-76(65)73)77-79-66(53-29-16-6-17-30-53)48-67(80-77)54-31-18-7-19-32-54/h2-48H. The molecular weight excluding hydrogens is 1010 g/mol. The number of furan rings is 1. The first kappa shape index (κ1) is 47.6. The number of fused-ring (bicyclic) bond motifs is 9. The molecule has 0 atom stereocenters. The molecule has 0 saturated carbocycles. The van der Waals surface area contributed by atoms with Crippen LogP contribution in [0.1, 0.15) is 0 Å². The van der Waals surface area contributed by atoms with Crippen LogP contribution in [0, 0.1) is 6.57 Å². The van der Waals surface area contributed by atoms with Crippen LogP contribution in [0.5, 0.6) is 0 Å². The van der Waals surface area contributed by atoms with Gasteiger partial charge in [-0.1, -0.05) is 218 Å². The molecule has 4 aromatic heterocycles. The van der Waals surface area contributed by atoms with Gasteiger partial charge in [-0.2, -0.15) is 0 Å². The van der Waals surface area contributed by atoms with E-state index < -0.39 is 0 Å². The zero-order valence-corrected chi connectivity index (χ0v) is 44.8. The van der Waals surface area contributed by atoms with Crippen LogP contribution in [-0.4, -0.2) is 19.1 Å². The van der Waals surface area contributed by atoms with Crippen LogP contribution in [0.4, 0.5) is 5.69 Å². The van der Waals surface area contributed by atoms with Gasteiger partial charge in [-0.15, -0.1) is 0 Å². The van der Waals surface area contributed by atoms with Crippen molar-refractivity contribution in [3.05, 3.63) is 297 Å². The summed E-state index contributed by atoms with van der Waals surface area (Å²) in [5, 5.41) is 6.00. The lowest BCUT2D eigenvalue weighted by Crippen LogP contribution is -2.04. The average Bonchev–Trinajstić information content (AvgIpc) is 2.12. The van der Waals surface area contributed by atoms with Crippen molar-refractivity contribution in [2.45, 2.75) is 0 Å². The summed E-state index contributed by atoms with van der Waals surface area (Å²) in [6, 6.07) is 100. The molecule has 0 bridgehead atoms. The molecule has 4 heterocycles. The van der Waals surface area contributed by atoms with Gasteiger partial charge < -0.3 is 13.6 Å². The summed E-state index contributed by atoms with van der Waals surface area (Å²) < 4.78 is 12.0. The van der Waals surface area contributed by atoms with Gasteiger partial charge >= 0.3 is 0 Å². The Morgan fingerprint density at radius 3 is 1.06 bits per heavy atom. The summed E-state index contributed by atoms with van der Waals surface area (Å²) in [5.74, 6) is 0.524. The van der Waals surface area contributed by atoms with Crippen molar-refractivity contribution in [3.63, 3.8) is 0 Å². The van der Waals surface area contributed by atoms with Crippen molar-refractivity contribution in [3.8, 4) is 89.8 Å². The average molecular weight is 1060 g/mol. The first-order valence-electron chi connectivity index (χ1n) is 27.9. The monoisotopic (exact) mass is 1060 g/mol. The molecule has 0 N–H and O–H groups in total. The van der Waals surface area contributed by atoms with E-state index in [0.717, 1.165) is 133 Å². The second-order valence-corrected chi connectivity index (χ2v) is 21.1. The van der Waals surface area contributed by atoms with Crippen LogP contribution >= 0.6 is 0 Å². The Labute approximate surface area is 478 Å². The Morgan fingerprint density at radius 2 is 0.675 bits per heavy atom. The van der Waals surface area contributed by atoms with Crippen molar-refractivity contribution in [2.24, 2.45) is 0 Å². The molecule has 0 aliphatic heterocycles. The first-order chi connectivity index (χ1) is 41.1. The lowest BCUT2D eigenvalue weighted by molar-refractivity contribution is 0.671. The third-order valence-corrected chi connectivity index (χ3v) is 16.4. The summed E-state index contributed by atoms with van der Waals surface area (Å²) in [6.45, 7) is 9.53. The second kappa shape index (κ2) is 19.5. The summed E-state index contributed by atoms with van der Waals surface area (Å²) in [6.07, 6.45) is 0. The van der Waals surface area contributed by atoms with Crippen molar-refractivity contribution < 1.29 is 4.42 Å². The van der Waals surface area contributed by atoms with Crippen LogP contribution in [-0.2, 0) is 0 Å². The number of hydrogen-bond acceptors (Lipinski definition) is 3. The number of benzene rings is 12. The number of nitrogens with zero attached hydrogens (tertiary/aromatic N) is 5. The zero-order chi connectivity index (χ0) is 55.0. The van der Waals surface area contributed by atoms with E-state index in [1.54, 1.807) is 0 Å². The second-order valence-electron chi connectivity index (χ2n) is 21.1. The molecule has 0 saturated heterocycles. The minimum Gasteiger partial charge on any atom is -0.466 e.